The van der Waals surface area contributed by atoms with E-state index < -0.39 is 5.97 Å². The van der Waals surface area contributed by atoms with Crippen LogP contribution in [-0.2, 0) is 4.79 Å². The van der Waals surface area contributed by atoms with E-state index in [2.05, 4.69) is 34.4 Å². The van der Waals surface area contributed by atoms with Gasteiger partial charge in [-0.25, -0.2) is 0 Å². The number of nitrogens with zero attached hydrogens (tertiary/aromatic N) is 1. The molecule has 0 unspecified atom stereocenters. The van der Waals surface area contributed by atoms with E-state index >= 15 is 0 Å². The first-order valence-electron chi connectivity index (χ1n) is 6.12. The lowest BCUT2D eigenvalue weighted by Gasteiger charge is -2.33. The molecule has 0 bridgehead atoms. The van der Waals surface area contributed by atoms with Gasteiger partial charge < -0.3 is 14.4 Å². The number of rotatable bonds is 7. The van der Waals surface area contributed by atoms with Crippen LogP contribution in [0.15, 0.2) is 12.7 Å². The van der Waals surface area contributed by atoms with E-state index in [1.807, 2.05) is 0 Å². The van der Waals surface area contributed by atoms with Gasteiger partial charge in [0.05, 0.1) is 32.7 Å². The minimum absolute atomic E-state index is 0.722. The summed E-state index contributed by atoms with van der Waals surface area (Å²) in [7, 11) is 2.39. The van der Waals surface area contributed by atoms with Gasteiger partial charge in [0.25, 0.3) is 0 Å². The Hall–Kier alpha value is -0.830. The normalized spacial score (nSPS) is 10.2. The summed E-state index contributed by atoms with van der Waals surface area (Å²) in [5.41, 5.74) is 0. The molecule has 0 aromatic heterocycles. The first-order valence-corrected chi connectivity index (χ1v) is 6.12. The van der Waals surface area contributed by atoms with Crippen LogP contribution in [0.5, 0.6) is 0 Å². The second kappa shape index (κ2) is 10.7. The first kappa shape index (κ1) is 17.6. The van der Waals surface area contributed by atoms with Crippen molar-refractivity contribution in [1.82, 2.24) is 0 Å². The summed E-state index contributed by atoms with van der Waals surface area (Å²) in [6.07, 6.45) is 4.67. The van der Waals surface area contributed by atoms with Crippen LogP contribution in [0.3, 0.4) is 0 Å². The van der Waals surface area contributed by atoms with Crippen molar-refractivity contribution in [2.45, 2.75) is 40.0 Å². The second-order valence-corrected chi connectivity index (χ2v) is 4.31. The van der Waals surface area contributed by atoms with Crippen molar-refractivity contribution in [2.75, 3.05) is 26.7 Å². The van der Waals surface area contributed by atoms with Crippen LogP contribution in [0.2, 0.25) is 0 Å². The molecular formula is C13H27NO2. The summed E-state index contributed by atoms with van der Waals surface area (Å²) in [5, 5.41) is 9.14. The molecule has 16 heavy (non-hydrogen) atoms. The Morgan fingerprint density at radius 1 is 1.12 bits per heavy atom. The van der Waals surface area contributed by atoms with Crippen molar-refractivity contribution in [3.8, 4) is 0 Å². The van der Waals surface area contributed by atoms with Crippen LogP contribution in [0.25, 0.3) is 0 Å². The van der Waals surface area contributed by atoms with Crippen molar-refractivity contribution < 1.29 is 14.4 Å². The van der Waals surface area contributed by atoms with Crippen molar-refractivity contribution in [1.29, 1.82) is 0 Å². The van der Waals surface area contributed by atoms with Gasteiger partial charge in [-0.1, -0.05) is 27.4 Å². The molecule has 3 heteroatoms. The Morgan fingerprint density at radius 3 is 1.50 bits per heavy atom. The Labute approximate surface area is 100 Å². The number of carboxylic acids is 1. The molecule has 0 aliphatic rings. The standard InChI is InChI=1S/C10H24N.C3H4O2/c1-5-8-11(4,9-6-2)10-7-3;1-2-3(4)5/h5-10H2,1-4H3;2H,1H2,(H,4,5)/q+1;/p-1. The summed E-state index contributed by atoms with van der Waals surface area (Å²) in [6.45, 7) is 13.8. The smallest absolute Gasteiger partial charge is 0.0781 e. The molecule has 0 N–H and O–H groups in total. The van der Waals surface area contributed by atoms with Crippen molar-refractivity contribution >= 4 is 5.97 Å². The monoisotopic (exact) mass is 229 g/mol. The molecular weight excluding hydrogens is 202 g/mol. The Kier molecular flexibility index (Phi) is 11.7. The predicted molar refractivity (Wildman–Crippen MR) is 66.9 cm³/mol. The van der Waals surface area contributed by atoms with Crippen LogP contribution >= 0.6 is 0 Å². The largest absolute Gasteiger partial charge is 0.545 e. The minimum atomic E-state index is -1.23. The lowest BCUT2D eigenvalue weighted by Crippen LogP contribution is -2.45. The average Bonchev–Trinajstić information content (AvgIpc) is 2.19. The van der Waals surface area contributed by atoms with Crippen LogP contribution < -0.4 is 5.11 Å². The number of carbonyl (C=O) groups excluding carboxylic acids is 1. The molecule has 0 rings (SSSR count). The second-order valence-electron chi connectivity index (χ2n) is 4.31. The average molecular weight is 229 g/mol. The molecule has 96 valence electrons. The van der Waals surface area contributed by atoms with Gasteiger partial charge in [0, 0.05) is 0 Å². The molecule has 0 aromatic rings. The van der Waals surface area contributed by atoms with Gasteiger partial charge in [-0.2, -0.15) is 0 Å². The summed E-state index contributed by atoms with van der Waals surface area (Å²) >= 11 is 0. The minimum Gasteiger partial charge on any atom is -0.545 e. The molecule has 0 saturated heterocycles. The molecule has 0 atom stereocenters. The van der Waals surface area contributed by atoms with E-state index in [4.69, 9.17) is 9.90 Å². The Balaban J connectivity index is 0. The highest BCUT2D eigenvalue weighted by molar-refractivity contribution is 5.76. The number of hydrogen-bond donors (Lipinski definition) is 0. The van der Waals surface area contributed by atoms with Gasteiger partial charge in [0.1, 0.15) is 0 Å². The molecule has 0 spiro atoms. The van der Waals surface area contributed by atoms with E-state index in [1.165, 1.54) is 43.4 Å². The number of aliphatic carboxylic acids is 1. The van der Waals surface area contributed by atoms with E-state index in [1.54, 1.807) is 0 Å². The Morgan fingerprint density at radius 2 is 1.38 bits per heavy atom. The SMILES string of the molecule is C=CC(=O)[O-].CCC[N+](C)(CCC)CCC. The van der Waals surface area contributed by atoms with Crippen LogP contribution in [-0.4, -0.2) is 37.1 Å². The van der Waals surface area contributed by atoms with Crippen molar-refractivity contribution in [3.63, 3.8) is 0 Å². The third kappa shape index (κ3) is 11.2. The lowest BCUT2D eigenvalue weighted by atomic mass is 10.2. The predicted octanol–water partition coefficient (Wildman–Crippen LogP) is 1.59. The van der Waals surface area contributed by atoms with E-state index in [0.717, 1.165) is 6.08 Å². The molecule has 0 heterocycles. The summed E-state index contributed by atoms with van der Waals surface area (Å²) in [5.74, 6) is -1.23. The van der Waals surface area contributed by atoms with E-state index in [0.29, 0.717) is 0 Å². The van der Waals surface area contributed by atoms with Crippen LogP contribution in [0.4, 0.5) is 0 Å². The molecule has 0 fully saturated rings. The number of carbonyl (C=O) groups is 1. The zero-order valence-corrected chi connectivity index (χ0v) is 11.3. The number of hydrogen-bond acceptors (Lipinski definition) is 2. The fourth-order valence-electron chi connectivity index (χ4n) is 1.95. The molecule has 0 aromatic carbocycles. The van der Waals surface area contributed by atoms with Gasteiger partial charge in [0.2, 0.25) is 0 Å². The summed E-state index contributed by atoms with van der Waals surface area (Å²) < 4.78 is 1.28. The van der Waals surface area contributed by atoms with Gasteiger partial charge in [0.15, 0.2) is 0 Å². The van der Waals surface area contributed by atoms with Crippen LogP contribution in [0, 0.1) is 0 Å². The fraction of sp³-hybridized carbons (Fsp3) is 0.769. The topological polar surface area (TPSA) is 40.1 Å². The highest BCUT2D eigenvalue weighted by Crippen LogP contribution is 2.06. The summed E-state index contributed by atoms with van der Waals surface area (Å²) in [4.78, 5) is 9.14. The third-order valence-electron chi connectivity index (χ3n) is 2.46. The number of quaternary nitrogens is 1. The van der Waals surface area contributed by atoms with Crippen molar-refractivity contribution in [3.05, 3.63) is 12.7 Å². The molecule has 0 aliphatic heterocycles. The maximum atomic E-state index is 9.14. The third-order valence-corrected chi connectivity index (χ3v) is 2.46. The van der Waals surface area contributed by atoms with Gasteiger partial charge in [-0.05, 0) is 25.3 Å². The summed E-state index contributed by atoms with van der Waals surface area (Å²) in [6, 6.07) is 0. The molecule has 3 nitrogen and oxygen atoms in total. The highest BCUT2D eigenvalue weighted by Gasteiger charge is 2.16. The Bertz CT molecular complexity index is 173. The zero-order chi connectivity index (χ0) is 13.0. The molecule has 0 amide bonds. The zero-order valence-electron chi connectivity index (χ0n) is 11.3. The van der Waals surface area contributed by atoms with Gasteiger partial charge in [-0.3, -0.25) is 0 Å². The van der Waals surface area contributed by atoms with E-state index in [-0.39, 0.29) is 0 Å². The maximum absolute atomic E-state index is 9.14. The first-order chi connectivity index (χ1) is 7.45. The fourth-order valence-corrected chi connectivity index (χ4v) is 1.95. The maximum Gasteiger partial charge on any atom is 0.0781 e. The van der Waals surface area contributed by atoms with Gasteiger partial charge >= 0.3 is 0 Å². The lowest BCUT2D eigenvalue weighted by molar-refractivity contribution is -0.909. The van der Waals surface area contributed by atoms with Crippen LogP contribution in [0.1, 0.15) is 40.0 Å². The van der Waals surface area contributed by atoms with E-state index in [9.17, 15) is 0 Å². The molecule has 0 radical (unpaired) electrons. The quantitative estimate of drug-likeness (QED) is 0.491. The number of carboxylic acid groups (broad SMARTS) is 1. The molecule has 0 saturated carbocycles. The van der Waals surface area contributed by atoms with Gasteiger partial charge in [-0.15, -0.1) is 0 Å². The highest BCUT2D eigenvalue weighted by atomic mass is 16.4. The molecule has 0 aliphatic carbocycles. The van der Waals surface area contributed by atoms with Crippen molar-refractivity contribution in [2.24, 2.45) is 0 Å².